The number of aliphatic hydroxyl groups excluding tert-OH is 1. The molecule has 28 heavy (non-hydrogen) atoms. The van der Waals surface area contributed by atoms with Crippen LogP contribution in [0.5, 0.6) is 0 Å². The highest BCUT2D eigenvalue weighted by Gasteiger charge is 2.49. The predicted octanol–water partition coefficient (Wildman–Crippen LogP) is 5.80. The minimum atomic E-state index is -1.22. The Hall–Kier alpha value is -0.550. The molecule has 5 atom stereocenters. The SMILES string of the molecule is CCOC(=O)[C@@](CC(C)CCC(Cl)CC)(CC1C=CC(Cl)=CC1)C(O)OCC. The molecule has 0 bridgehead atoms. The van der Waals surface area contributed by atoms with E-state index in [1.807, 2.05) is 25.2 Å². The molecule has 0 saturated heterocycles. The molecule has 4 unspecified atom stereocenters. The van der Waals surface area contributed by atoms with Gasteiger partial charge in [-0.2, -0.15) is 0 Å². The Balaban J connectivity index is 3.08. The van der Waals surface area contributed by atoms with Crippen molar-refractivity contribution in [3.8, 4) is 0 Å². The van der Waals surface area contributed by atoms with Crippen LogP contribution in [0.3, 0.4) is 0 Å². The number of hydrogen-bond acceptors (Lipinski definition) is 4. The lowest BCUT2D eigenvalue weighted by Crippen LogP contribution is -2.47. The molecule has 0 heterocycles. The molecule has 0 aromatic carbocycles. The van der Waals surface area contributed by atoms with E-state index in [1.165, 1.54) is 0 Å². The fourth-order valence-electron chi connectivity index (χ4n) is 3.80. The molecular formula is C22H36Cl2O4. The van der Waals surface area contributed by atoms with E-state index >= 15 is 0 Å². The Morgan fingerprint density at radius 3 is 2.57 bits per heavy atom. The maximum Gasteiger partial charge on any atom is 0.317 e. The van der Waals surface area contributed by atoms with Crippen molar-refractivity contribution in [3.05, 3.63) is 23.3 Å². The minimum Gasteiger partial charge on any atom is -0.465 e. The highest BCUT2D eigenvalue weighted by atomic mass is 35.5. The van der Waals surface area contributed by atoms with Gasteiger partial charge in [0.1, 0.15) is 5.41 Å². The fourth-order valence-corrected chi connectivity index (χ4v) is 4.08. The molecule has 0 aliphatic heterocycles. The second-order valence-electron chi connectivity index (χ2n) is 7.72. The highest BCUT2D eigenvalue weighted by Crippen LogP contribution is 2.42. The van der Waals surface area contributed by atoms with Gasteiger partial charge in [0.15, 0.2) is 6.29 Å². The molecule has 1 aliphatic rings. The van der Waals surface area contributed by atoms with Crippen molar-refractivity contribution in [3.63, 3.8) is 0 Å². The van der Waals surface area contributed by atoms with Crippen molar-refractivity contribution in [1.82, 2.24) is 0 Å². The van der Waals surface area contributed by atoms with Gasteiger partial charge in [-0.25, -0.2) is 0 Å². The van der Waals surface area contributed by atoms with Crippen LogP contribution < -0.4 is 0 Å². The van der Waals surface area contributed by atoms with Crippen LogP contribution in [-0.4, -0.2) is 36.0 Å². The van der Waals surface area contributed by atoms with Gasteiger partial charge >= 0.3 is 5.97 Å². The van der Waals surface area contributed by atoms with E-state index in [-0.39, 0.29) is 23.8 Å². The van der Waals surface area contributed by atoms with Gasteiger partial charge < -0.3 is 14.6 Å². The van der Waals surface area contributed by atoms with Gasteiger partial charge in [0.25, 0.3) is 0 Å². The van der Waals surface area contributed by atoms with E-state index < -0.39 is 17.7 Å². The summed E-state index contributed by atoms with van der Waals surface area (Å²) >= 11 is 12.3. The number of allylic oxidation sites excluding steroid dienone is 4. The van der Waals surface area contributed by atoms with Crippen LogP contribution in [0.1, 0.15) is 66.2 Å². The average Bonchev–Trinajstić information content (AvgIpc) is 2.67. The molecule has 1 rings (SSSR count). The van der Waals surface area contributed by atoms with E-state index in [0.29, 0.717) is 24.5 Å². The first-order chi connectivity index (χ1) is 13.3. The van der Waals surface area contributed by atoms with Gasteiger partial charge in [0.05, 0.1) is 6.61 Å². The van der Waals surface area contributed by atoms with Crippen LogP contribution >= 0.6 is 23.2 Å². The minimum absolute atomic E-state index is 0.0885. The average molecular weight is 435 g/mol. The number of carbonyl (C=O) groups is 1. The Labute approximate surface area is 180 Å². The number of aliphatic hydroxyl groups is 1. The third-order valence-electron chi connectivity index (χ3n) is 5.38. The largest absolute Gasteiger partial charge is 0.465 e. The van der Waals surface area contributed by atoms with E-state index in [0.717, 1.165) is 25.7 Å². The van der Waals surface area contributed by atoms with Crippen molar-refractivity contribution in [1.29, 1.82) is 0 Å². The molecule has 4 nitrogen and oxygen atoms in total. The Kier molecular flexibility index (Phi) is 11.7. The van der Waals surface area contributed by atoms with Gasteiger partial charge in [-0.15, -0.1) is 11.6 Å². The highest BCUT2D eigenvalue weighted by molar-refractivity contribution is 6.31. The lowest BCUT2D eigenvalue weighted by Gasteiger charge is -2.39. The molecule has 0 amide bonds. The Morgan fingerprint density at radius 1 is 1.32 bits per heavy atom. The number of hydrogen-bond donors (Lipinski definition) is 1. The van der Waals surface area contributed by atoms with Crippen LogP contribution in [-0.2, 0) is 14.3 Å². The third-order valence-corrected chi connectivity index (χ3v) is 6.18. The lowest BCUT2D eigenvalue weighted by atomic mass is 9.70. The maximum absolute atomic E-state index is 13.1. The van der Waals surface area contributed by atoms with Gasteiger partial charge in [-0.1, -0.05) is 37.6 Å². The maximum atomic E-state index is 13.1. The first-order valence-corrected chi connectivity index (χ1v) is 11.2. The third kappa shape index (κ3) is 7.70. The topological polar surface area (TPSA) is 55.8 Å². The van der Waals surface area contributed by atoms with Gasteiger partial charge in [-0.05, 0) is 70.3 Å². The number of carbonyl (C=O) groups excluding carboxylic acids is 1. The summed E-state index contributed by atoms with van der Waals surface area (Å²) in [6.45, 7) is 8.34. The number of rotatable bonds is 13. The van der Waals surface area contributed by atoms with E-state index in [1.54, 1.807) is 6.92 Å². The zero-order valence-corrected chi connectivity index (χ0v) is 19.1. The standard InChI is InChI=1S/C22H36Cl2O4/c1-5-18(23)11-8-16(4)14-22(20(25)27-6-2,21(26)28-7-3)15-17-9-12-19(24)13-10-17/h9,12-13,16-18,20,25H,5-8,10-11,14-15H2,1-4H3/t16?,17?,18?,20?,22-/m0/s1. The quantitative estimate of drug-likeness (QED) is 0.226. The van der Waals surface area contributed by atoms with E-state index in [9.17, 15) is 9.90 Å². The van der Waals surface area contributed by atoms with E-state index in [2.05, 4.69) is 13.8 Å². The molecule has 0 spiro atoms. The Bertz CT molecular complexity index is 535. The van der Waals surface area contributed by atoms with Crippen molar-refractivity contribution in [2.24, 2.45) is 17.3 Å². The second-order valence-corrected chi connectivity index (χ2v) is 8.78. The first-order valence-electron chi connectivity index (χ1n) is 10.4. The monoisotopic (exact) mass is 434 g/mol. The van der Waals surface area contributed by atoms with Crippen LogP contribution in [0.25, 0.3) is 0 Å². The number of esters is 1. The second kappa shape index (κ2) is 12.9. The van der Waals surface area contributed by atoms with Gasteiger partial charge in [0.2, 0.25) is 0 Å². The summed E-state index contributed by atoms with van der Waals surface area (Å²) in [5.74, 6) is -0.112. The Morgan fingerprint density at radius 2 is 2.04 bits per heavy atom. The molecule has 0 fully saturated rings. The molecule has 6 heteroatoms. The zero-order valence-electron chi connectivity index (χ0n) is 17.6. The number of halogens is 2. The molecule has 1 aliphatic carbocycles. The molecule has 162 valence electrons. The summed E-state index contributed by atoms with van der Waals surface area (Å²) in [5, 5.41) is 11.7. The summed E-state index contributed by atoms with van der Waals surface area (Å²) in [4.78, 5) is 13.1. The fraction of sp³-hybridized carbons (Fsp3) is 0.773. The lowest BCUT2D eigenvalue weighted by molar-refractivity contribution is -0.208. The normalized spacial score (nSPS) is 22.1. The molecule has 0 saturated carbocycles. The van der Waals surface area contributed by atoms with Gasteiger partial charge in [0, 0.05) is 17.0 Å². The summed E-state index contributed by atoms with van der Waals surface area (Å²) < 4.78 is 11.0. The summed E-state index contributed by atoms with van der Waals surface area (Å²) in [6, 6.07) is 0. The smallest absolute Gasteiger partial charge is 0.317 e. The zero-order chi connectivity index (χ0) is 21.2. The number of ether oxygens (including phenoxy) is 2. The van der Waals surface area contributed by atoms with Gasteiger partial charge in [-0.3, -0.25) is 4.79 Å². The van der Waals surface area contributed by atoms with Crippen LogP contribution in [0, 0.1) is 17.3 Å². The van der Waals surface area contributed by atoms with Crippen molar-refractivity contribution >= 4 is 29.2 Å². The summed E-state index contributed by atoms with van der Waals surface area (Å²) in [6.07, 6.45) is 8.92. The van der Waals surface area contributed by atoms with Crippen molar-refractivity contribution in [2.45, 2.75) is 77.9 Å². The molecular weight excluding hydrogens is 399 g/mol. The predicted molar refractivity (Wildman–Crippen MR) is 115 cm³/mol. The van der Waals surface area contributed by atoms with Crippen LogP contribution in [0.4, 0.5) is 0 Å². The molecule has 1 N–H and O–H groups in total. The summed E-state index contributed by atoms with van der Waals surface area (Å²) in [5.41, 5.74) is -1.12. The van der Waals surface area contributed by atoms with Crippen LogP contribution in [0.15, 0.2) is 23.3 Å². The van der Waals surface area contributed by atoms with E-state index in [4.69, 9.17) is 32.7 Å². The molecule has 0 radical (unpaired) electrons. The van der Waals surface area contributed by atoms with Crippen molar-refractivity contribution < 1.29 is 19.4 Å². The number of alkyl halides is 1. The summed E-state index contributed by atoms with van der Waals surface area (Å²) in [7, 11) is 0. The molecule has 0 aromatic rings. The molecule has 0 aromatic heterocycles. The van der Waals surface area contributed by atoms with Crippen molar-refractivity contribution in [2.75, 3.05) is 13.2 Å². The first kappa shape index (κ1) is 25.5. The van der Waals surface area contributed by atoms with Crippen LogP contribution in [0.2, 0.25) is 0 Å².